The number of nitrogen functional groups attached to an aromatic ring is 1. The number of hydrogen-bond acceptors (Lipinski definition) is 5. The highest BCUT2D eigenvalue weighted by atomic mass is 16.5. The molecular formula is C26H24N2O3. The number of ether oxygens (including phenoxy) is 2. The standard InChI is InChI=1S/C26H24N2O3/c1-17(30-24-10-4-7-18-11-14-25(27)28-26(18)24)6-5-15-29-19-12-13-23-21(16-19)20-8-2-3-9-22(20)31-23/h2-4,7-14,16-17H,5-6,15H2,1H3,(H2,27,28). The second-order valence-corrected chi connectivity index (χ2v) is 7.74. The van der Waals surface area contributed by atoms with E-state index in [0.717, 1.165) is 57.2 Å². The number of anilines is 1. The molecule has 5 heteroatoms. The summed E-state index contributed by atoms with van der Waals surface area (Å²) in [5.74, 6) is 2.10. The Bertz CT molecular complexity index is 1360. The van der Waals surface area contributed by atoms with Crippen molar-refractivity contribution in [3.63, 3.8) is 0 Å². The summed E-state index contributed by atoms with van der Waals surface area (Å²) in [5.41, 5.74) is 8.41. The third-order valence-electron chi connectivity index (χ3n) is 5.40. The summed E-state index contributed by atoms with van der Waals surface area (Å²) >= 11 is 0. The molecule has 156 valence electrons. The summed E-state index contributed by atoms with van der Waals surface area (Å²) in [5, 5.41) is 3.20. The third kappa shape index (κ3) is 3.99. The monoisotopic (exact) mass is 412 g/mol. The molecular weight excluding hydrogens is 388 g/mol. The van der Waals surface area contributed by atoms with Gasteiger partial charge >= 0.3 is 0 Å². The molecule has 0 amide bonds. The molecule has 1 unspecified atom stereocenters. The zero-order valence-electron chi connectivity index (χ0n) is 17.4. The van der Waals surface area contributed by atoms with Gasteiger partial charge in [-0.3, -0.25) is 0 Å². The molecule has 5 nitrogen and oxygen atoms in total. The number of furan rings is 1. The maximum atomic E-state index is 6.14. The molecule has 5 rings (SSSR count). The molecule has 31 heavy (non-hydrogen) atoms. The lowest BCUT2D eigenvalue weighted by atomic mass is 10.1. The van der Waals surface area contributed by atoms with Crippen LogP contribution in [0.1, 0.15) is 19.8 Å². The smallest absolute Gasteiger partial charge is 0.146 e. The predicted octanol–water partition coefficient (Wildman–Crippen LogP) is 6.34. The van der Waals surface area contributed by atoms with E-state index in [1.54, 1.807) is 6.07 Å². The average Bonchev–Trinajstić information content (AvgIpc) is 3.15. The van der Waals surface area contributed by atoms with Gasteiger partial charge in [0.25, 0.3) is 0 Å². The Morgan fingerprint density at radius 1 is 0.935 bits per heavy atom. The van der Waals surface area contributed by atoms with E-state index in [4.69, 9.17) is 19.6 Å². The van der Waals surface area contributed by atoms with Crippen molar-refractivity contribution in [3.8, 4) is 11.5 Å². The molecule has 0 saturated heterocycles. The Morgan fingerprint density at radius 2 is 1.81 bits per heavy atom. The van der Waals surface area contributed by atoms with Gasteiger partial charge in [-0.2, -0.15) is 0 Å². The van der Waals surface area contributed by atoms with E-state index in [9.17, 15) is 0 Å². The Kier molecular flexibility index (Phi) is 5.08. The van der Waals surface area contributed by atoms with Crippen LogP contribution in [0.25, 0.3) is 32.8 Å². The molecule has 2 aromatic heterocycles. The molecule has 5 aromatic rings. The van der Waals surface area contributed by atoms with Gasteiger partial charge in [0.15, 0.2) is 0 Å². The van der Waals surface area contributed by atoms with Crippen LogP contribution < -0.4 is 15.2 Å². The number of fused-ring (bicyclic) bond motifs is 4. The van der Waals surface area contributed by atoms with Crippen LogP contribution >= 0.6 is 0 Å². The molecule has 0 radical (unpaired) electrons. The van der Waals surface area contributed by atoms with Gasteiger partial charge in [-0.15, -0.1) is 0 Å². The number of para-hydroxylation sites is 2. The molecule has 0 saturated carbocycles. The van der Waals surface area contributed by atoms with E-state index >= 15 is 0 Å². The van der Waals surface area contributed by atoms with E-state index in [1.165, 1.54) is 0 Å². The minimum Gasteiger partial charge on any atom is -0.494 e. The average molecular weight is 412 g/mol. The van der Waals surface area contributed by atoms with Crippen molar-refractivity contribution in [2.24, 2.45) is 0 Å². The molecule has 3 aromatic carbocycles. The molecule has 0 bridgehead atoms. The fourth-order valence-electron chi connectivity index (χ4n) is 3.86. The summed E-state index contributed by atoms with van der Waals surface area (Å²) in [4.78, 5) is 4.43. The first kappa shape index (κ1) is 19.2. The van der Waals surface area contributed by atoms with E-state index in [0.29, 0.717) is 12.4 Å². The zero-order valence-corrected chi connectivity index (χ0v) is 17.4. The fraction of sp³-hybridized carbons (Fsp3) is 0.192. The number of rotatable bonds is 7. The van der Waals surface area contributed by atoms with Crippen molar-refractivity contribution in [2.45, 2.75) is 25.9 Å². The predicted molar refractivity (Wildman–Crippen MR) is 125 cm³/mol. The number of aromatic nitrogens is 1. The van der Waals surface area contributed by atoms with Crippen LogP contribution in [0.3, 0.4) is 0 Å². The van der Waals surface area contributed by atoms with E-state index in [2.05, 4.69) is 18.0 Å². The van der Waals surface area contributed by atoms with Gasteiger partial charge in [0.1, 0.15) is 34.0 Å². The Morgan fingerprint density at radius 3 is 2.74 bits per heavy atom. The van der Waals surface area contributed by atoms with Crippen molar-refractivity contribution < 1.29 is 13.9 Å². The van der Waals surface area contributed by atoms with Gasteiger partial charge in [-0.25, -0.2) is 4.98 Å². The van der Waals surface area contributed by atoms with Gasteiger partial charge in [0.05, 0.1) is 12.7 Å². The number of hydrogen-bond donors (Lipinski definition) is 1. The first-order chi connectivity index (χ1) is 15.2. The number of pyridine rings is 1. The fourth-order valence-corrected chi connectivity index (χ4v) is 3.86. The van der Waals surface area contributed by atoms with Gasteiger partial charge in [-0.05, 0) is 62.2 Å². The number of nitrogens with two attached hydrogens (primary N) is 1. The van der Waals surface area contributed by atoms with Gasteiger partial charge in [0, 0.05) is 16.2 Å². The quantitative estimate of drug-likeness (QED) is 0.316. The lowest BCUT2D eigenvalue weighted by Gasteiger charge is -2.16. The van der Waals surface area contributed by atoms with Crippen molar-refractivity contribution in [1.29, 1.82) is 0 Å². The largest absolute Gasteiger partial charge is 0.494 e. The summed E-state index contributed by atoms with van der Waals surface area (Å²) in [6, 6.07) is 23.7. The molecule has 1 atom stereocenters. The van der Waals surface area contributed by atoms with Crippen LogP contribution in [0.4, 0.5) is 5.82 Å². The second-order valence-electron chi connectivity index (χ2n) is 7.74. The molecule has 0 aliphatic heterocycles. The summed E-state index contributed by atoms with van der Waals surface area (Å²) in [6.07, 6.45) is 1.79. The topological polar surface area (TPSA) is 70.5 Å². The SMILES string of the molecule is CC(CCCOc1ccc2oc3ccccc3c2c1)Oc1cccc2ccc(N)nc12. The molecule has 0 fully saturated rings. The van der Waals surface area contributed by atoms with E-state index in [1.807, 2.05) is 60.7 Å². The first-order valence-corrected chi connectivity index (χ1v) is 10.5. The van der Waals surface area contributed by atoms with Crippen molar-refractivity contribution in [3.05, 3.63) is 72.8 Å². The normalized spacial score (nSPS) is 12.4. The highest BCUT2D eigenvalue weighted by Gasteiger charge is 2.10. The van der Waals surface area contributed by atoms with Crippen LogP contribution in [-0.4, -0.2) is 17.7 Å². The summed E-state index contributed by atoms with van der Waals surface area (Å²) in [6.45, 7) is 2.69. The second kappa shape index (κ2) is 8.19. The molecule has 0 aliphatic carbocycles. The Balaban J connectivity index is 1.19. The lowest BCUT2D eigenvalue weighted by Crippen LogP contribution is -2.13. The van der Waals surface area contributed by atoms with Crippen LogP contribution in [0.15, 0.2) is 77.2 Å². The maximum absolute atomic E-state index is 6.14. The molecule has 2 heterocycles. The van der Waals surface area contributed by atoms with Crippen LogP contribution in [0.2, 0.25) is 0 Å². The number of benzene rings is 3. The van der Waals surface area contributed by atoms with Crippen LogP contribution in [0, 0.1) is 0 Å². The molecule has 0 spiro atoms. The van der Waals surface area contributed by atoms with Crippen molar-refractivity contribution >= 4 is 38.7 Å². The maximum Gasteiger partial charge on any atom is 0.146 e. The summed E-state index contributed by atoms with van der Waals surface area (Å²) < 4.78 is 18.0. The van der Waals surface area contributed by atoms with Crippen LogP contribution in [0.5, 0.6) is 11.5 Å². The minimum atomic E-state index is 0.0396. The van der Waals surface area contributed by atoms with Gasteiger partial charge in [-0.1, -0.05) is 30.3 Å². The summed E-state index contributed by atoms with van der Waals surface area (Å²) in [7, 11) is 0. The third-order valence-corrected chi connectivity index (χ3v) is 5.40. The van der Waals surface area contributed by atoms with Gasteiger partial charge in [0.2, 0.25) is 0 Å². The van der Waals surface area contributed by atoms with Crippen molar-refractivity contribution in [1.82, 2.24) is 4.98 Å². The minimum absolute atomic E-state index is 0.0396. The van der Waals surface area contributed by atoms with Crippen molar-refractivity contribution in [2.75, 3.05) is 12.3 Å². The van der Waals surface area contributed by atoms with Crippen LogP contribution in [-0.2, 0) is 0 Å². The molecule has 2 N–H and O–H groups in total. The highest BCUT2D eigenvalue weighted by Crippen LogP contribution is 2.31. The Labute approximate surface area is 180 Å². The highest BCUT2D eigenvalue weighted by molar-refractivity contribution is 6.05. The Hall–Kier alpha value is -3.73. The van der Waals surface area contributed by atoms with E-state index < -0.39 is 0 Å². The molecule has 0 aliphatic rings. The lowest BCUT2D eigenvalue weighted by molar-refractivity contribution is 0.195. The number of nitrogens with zero attached hydrogens (tertiary/aromatic N) is 1. The van der Waals surface area contributed by atoms with E-state index in [-0.39, 0.29) is 6.10 Å². The first-order valence-electron chi connectivity index (χ1n) is 10.5. The zero-order chi connectivity index (χ0) is 21.2. The van der Waals surface area contributed by atoms with Gasteiger partial charge < -0.3 is 19.6 Å².